The average Bonchev–Trinajstić information content (AvgIpc) is 2.04. The van der Waals surface area contributed by atoms with E-state index in [-0.39, 0.29) is 14.9 Å². The van der Waals surface area contributed by atoms with Crippen LogP contribution < -0.4 is 0 Å². The Bertz CT molecular complexity index is 224. The summed E-state index contributed by atoms with van der Waals surface area (Å²) in [7, 11) is 0. The second kappa shape index (κ2) is 6.58. The predicted molar refractivity (Wildman–Crippen MR) is 65.9 cm³/mol. The van der Waals surface area contributed by atoms with Crippen molar-refractivity contribution in [3.8, 4) is 0 Å². The Hall–Kier alpha value is -0.850. The molecule has 0 spiro atoms. The van der Waals surface area contributed by atoms with Crippen LogP contribution in [-0.4, -0.2) is 4.98 Å². The van der Waals surface area contributed by atoms with Crippen molar-refractivity contribution in [2.75, 3.05) is 0 Å². The Kier molecular flexibility index (Phi) is 7.34. The number of aromatic nitrogens is 1. The van der Waals surface area contributed by atoms with Crippen LogP contribution in [-0.2, 0) is 0 Å². The lowest BCUT2D eigenvalue weighted by Gasteiger charge is -2.14. The van der Waals surface area contributed by atoms with Crippen LogP contribution in [0.3, 0.4) is 0 Å². The van der Waals surface area contributed by atoms with Crippen molar-refractivity contribution in [3.63, 3.8) is 0 Å². The summed E-state index contributed by atoms with van der Waals surface area (Å²) in [6.45, 7) is 8.87. The molecule has 14 heavy (non-hydrogen) atoms. The highest BCUT2D eigenvalue weighted by Gasteiger charge is 2.08. The maximum atomic E-state index is 4.15. The van der Waals surface area contributed by atoms with Gasteiger partial charge < -0.3 is 0 Å². The molecule has 1 nitrogen and oxygen atoms in total. The van der Waals surface area contributed by atoms with Crippen molar-refractivity contribution in [2.45, 2.75) is 54.4 Å². The minimum Gasteiger partial charge on any atom is -0.264 e. The lowest BCUT2D eigenvalue weighted by Crippen LogP contribution is -1.98. The SMILES string of the molecule is C.C.CC(C)c1ccncc1C(C)C. The van der Waals surface area contributed by atoms with Crippen LogP contribution in [0.2, 0.25) is 0 Å². The van der Waals surface area contributed by atoms with Crippen LogP contribution in [0.5, 0.6) is 0 Å². The normalized spacial score (nSPS) is 9.57. The monoisotopic (exact) mass is 195 g/mol. The standard InChI is InChI=1S/C11H17N.2CH4/c1-8(2)10-5-6-12-7-11(10)9(3)4;;/h5-9H,1-4H3;2*1H4. The third kappa shape index (κ3) is 3.49. The maximum Gasteiger partial charge on any atom is 0.0305 e. The van der Waals surface area contributed by atoms with Gasteiger partial charge in [-0.1, -0.05) is 42.5 Å². The first-order chi connectivity index (χ1) is 5.63. The summed E-state index contributed by atoms with van der Waals surface area (Å²) in [6, 6.07) is 2.12. The van der Waals surface area contributed by atoms with Crippen molar-refractivity contribution < 1.29 is 0 Å². The Morgan fingerprint density at radius 2 is 1.43 bits per heavy atom. The van der Waals surface area contributed by atoms with Gasteiger partial charge in [0.2, 0.25) is 0 Å². The molecule has 0 bridgehead atoms. The quantitative estimate of drug-likeness (QED) is 0.672. The Morgan fingerprint density at radius 3 is 1.79 bits per heavy atom. The summed E-state index contributed by atoms with van der Waals surface area (Å²) in [4.78, 5) is 4.15. The Labute approximate surface area is 89.6 Å². The van der Waals surface area contributed by atoms with Crippen LogP contribution in [0.4, 0.5) is 0 Å². The van der Waals surface area contributed by atoms with Crippen LogP contribution in [0.1, 0.15) is 65.5 Å². The van der Waals surface area contributed by atoms with Gasteiger partial charge in [0.15, 0.2) is 0 Å². The molecule has 0 atom stereocenters. The topological polar surface area (TPSA) is 12.9 Å². The summed E-state index contributed by atoms with van der Waals surface area (Å²) in [5.74, 6) is 1.18. The lowest BCUT2D eigenvalue weighted by atomic mass is 9.93. The molecule has 1 heteroatoms. The fourth-order valence-corrected chi connectivity index (χ4v) is 1.43. The molecule has 1 aromatic heterocycles. The first-order valence-corrected chi connectivity index (χ1v) is 4.56. The van der Waals surface area contributed by atoms with E-state index in [0.29, 0.717) is 11.8 Å². The van der Waals surface area contributed by atoms with Crippen molar-refractivity contribution in [3.05, 3.63) is 29.6 Å². The molecule has 0 unspecified atom stereocenters. The van der Waals surface area contributed by atoms with Gasteiger partial charge in [0.1, 0.15) is 0 Å². The van der Waals surface area contributed by atoms with Gasteiger partial charge in [0, 0.05) is 12.4 Å². The van der Waals surface area contributed by atoms with E-state index in [1.165, 1.54) is 11.1 Å². The Balaban J connectivity index is 0. The fraction of sp³-hybridized carbons (Fsp3) is 0.615. The smallest absolute Gasteiger partial charge is 0.0305 e. The molecule has 0 amide bonds. The molecule has 0 fully saturated rings. The zero-order valence-corrected chi connectivity index (χ0v) is 8.33. The van der Waals surface area contributed by atoms with Gasteiger partial charge in [-0.25, -0.2) is 0 Å². The molecule has 0 saturated heterocycles. The van der Waals surface area contributed by atoms with Gasteiger partial charge in [0.25, 0.3) is 0 Å². The molecule has 1 aromatic rings. The number of nitrogens with zero attached hydrogens (tertiary/aromatic N) is 1. The van der Waals surface area contributed by atoms with Crippen LogP contribution in [0.25, 0.3) is 0 Å². The molecule has 1 heterocycles. The maximum absolute atomic E-state index is 4.15. The van der Waals surface area contributed by atoms with Crippen LogP contribution in [0, 0.1) is 0 Å². The van der Waals surface area contributed by atoms with E-state index < -0.39 is 0 Å². The third-order valence-corrected chi connectivity index (χ3v) is 2.13. The second-order valence-corrected chi connectivity index (χ2v) is 3.81. The third-order valence-electron chi connectivity index (χ3n) is 2.13. The number of hydrogen-bond donors (Lipinski definition) is 0. The van der Waals surface area contributed by atoms with Gasteiger partial charge >= 0.3 is 0 Å². The zero-order valence-electron chi connectivity index (χ0n) is 8.33. The average molecular weight is 195 g/mol. The van der Waals surface area contributed by atoms with Crippen molar-refractivity contribution in [1.29, 1.82) is 0 Å². The van der Waals surface area contributed by atoms with E-state index in [1.807, 2.05) is 12.4 Å². The summed E-state index contributed by atoms with van der Waals surface area (Å²) < 4.78 is 0. The number of hydrogen-bond acceptors (Lipinski definition) is 1. The molecule has 82 valence electrons. The Morgan fingerprint density at radius 1 is 0.929 bits per heavy atom. The van der Waals surface area contributed by atoms with Gasteiger partial charge in [-0.3, -0.25) is 4.98 Å². The molecule has 0 aliphatic heterocycles. The van der Waals surface area contributed by atoms with Gasteiger partial charge in [-0.2, -0.15) is 0 Å². The van der Waals surface area contributed by atoms with E-state index in [4.69, 9.17) is 0 Å². The van der Waals surface area contributed by atoms with Gasteiger partial charge in [0.05, 0.1) is 0 Å². The molecule has 0 saturated carbocycles. The molecule has 0 aromatic carbocycles. The first kappa shape index (κ1) is 15.6. The summed E-state index contributed by atoms with van der Waals surface area (Å²) in [5, 5.41) is 0. The summed E-state index contributed by atoms with van der Waals surface area (Å²) >= 11 is 0. The van der Waals surface area contributed by atoms with Gasteiger partial charge in [-0.05, 0) is 29.0 Å². The molecular formula is C13H25N. The fourth-order valence-electron chi connectivity index (χ4n) is 1.43. The molecule has 0 aliphatic rings. The van der Waals surface area contributed by atoms with E-state index in [2.05, 4.69) is 38.7 Å². The second-order valence-electron chi connectivity index (χ2n) is 3.81. The van der Waals surface area contributed by atoms with Crippen LogP contribution in [0.15, 0.2) is 18.5 Å². The van der Waals surface area contributed by atoms with E-state index in [0.717, 1.165) is 0 Å². The summed E-state index contributed by atoms with van der Waals surface area (Å²) in [5.41, 5.74) is 2.81. The number of rotatable bonds is 2. The van der Waals surface area contributed by atoms with Gasteiger partial charge in [-0.15, -0.1) is 0 Å². The van der Waals surface area contributed by atoms with Crippen molar-refractivity contribution >= 4 is 0 Å². The zero-order chi connectivity index (χ0) is 9.14. The first-order valence-electron chi connectivity index (χ1n) is 4.56. The van der Waals surface area contributed by atoms with Crippen LogP contribution >= 0.6 is 0 Å². The van der Waals surface area contributed by atoms with Crippen molar-refractivity contribution in [1.82, 2.24) is 4.98 Å². The highest BCUT2D eigenvalue weighted by molar-refractivity contribution is 5.28. The number of pyridine rings is 1. The minimum atomic E-state index is 0. The highest BCUT2D eigenvalue weighted by Crippen LogP contribution is 2.24. The van der Waals surface area contributed by atoms with E-state index in [9.17, 15) is 0 Å². The van der Waals surface area contributed by atoms with E-state index >= 15 is 0 Å². The molecule has 0 N–H and O–H groups in total. The molecular weight excluding hydrogens is 170 g/mol. The largest absolute Gasteiger partial charge is 0.264 e. The molecule has 1 rings (SSSR count). The van der Waals surface area contributed by atoms with Crippen molar-refractivity contribution in [2.24, 2.45) is 0 Å². The van der Waals surface area contributed by atoms with E-state index in [1.54, 1.807) is 0 Å². The molecule has 0 aliphatic carbocycles. The summed E-state index contributed by atoms with van der Waals surface area (Å²) in [6.07, 6.45) is 3.86. The predicted octanol–water partition coefficient (Wildman–Crippen LogP) is 4.60. The minimum absolute atomic E-state index is 0. The lowest BCUT2D eigenvalue weighted by molar-refractivity contribution is 0.783. The highest BCUT2D eigenvalue weighted by atomic mass is 14.6. The molecule has 0 radical (unpaired) electrons.